The number of morpholine rings is 1. The van der Waals surface area contributed by atoms with Crippen molar-refractivity contribution in [1.29, 1.82) is 0 Å². The van der Waals surface area contributed by atoms with Crippen LogP contribution in [-0.4, -0.2) is 66.0 Å². The van der Waals surface area contributed by atoms with Crippen LogP contribution in [0.4, 0.5) is 4.39 Å². The fraction of sp³-hybridized carbons (Fsp3) is 0.360. The van der Waals surface area contributed by atoms with Crippen LogP contribution in [0.5, 0.6) is 0 Å². The Morgan fingerprint density at radius 3 is 2.44 bits per heavy atom. The lowest BCUT2D eigenvalue weighted by molar-refractivity contribution is -0.140. The van der Waals surface area contributed by atoms with Gasteiger partial charge in [0.2, 0.25) is 0 Å². The van der Waals surface area contributed by atoms with Gasteiger partial charge in [0.15, 0.2) is 0 Å². The second-order valence-corrected chi connectivity index (χ2v) is 8.19. The first-order valence-corrected chi connectivity index (χ1v) is 10.9. The Balaban J connectivity index is 1.68. The Labute approximate surface area is 186 Å². The number of nitrogens with zero attached hydrogens (tertiary/aromatic N) is 2. The van der Waals surface area contributed by atoms with Crippen molar-refractivity contribution in [2.75, 3.05) is 39.4 Å². The number of ketones is 1. The molecule has 32 heavy (non-hydrogen) atoms. The molecule has 0 unspecified atom stereocenters. The van der Waals surface area contributed by atoms with E-state index in [2.05, 4.69) is 4.90 Å². The van der Waals surface area contributed by atoms with Crippen molar-refractivity contribution in [3.8, 4) is 0 Å². The molecule has 2 aliphatic heterocycles. The summed E-state index contributed by atoms with van der Waals surface area (Å²) in [4.78, 5) is 29.6. The molecule has 1 atom stereocenters. The van der Waals surface area contributed by atoms with E-state index in [0.29, 0.717) is 25.2 Å². The van der Waals surface area contributed by atoms with Crippen LogP contribution in [-0.2, 0) is 14.3 Å². The molecule has 2 heterocycles. The van der Waals surface area contributed by atoms with Gasteiger partial charge in [-0.2, -0.15) is 0 Å². The smallest absolute Gasteiger partial charge is 0.295 e. The van der Waals surface area contributed by atoms with Crippen LogP contribution >= 0.6 is 0 Å². The van der Waals surface area contributed by atoms with Crippen LogP contribution in [0.2, 0.25) is 0 Å². The number of carbonyl (C=O) groups is 2. The maximum atomic E-state index is 14.8. The molecule has 7 heteroatoms. The number of Topliss-reactive ketones (excluding diaryl/α,β-unsaturated/α-hetero) is 1. The van der Waals surface area contributed by atoms with Crippen molar-refractivity contribution < 1.29 is 23.8 Å². The zero-order chi connectivity index (χ0) is 22.7. The molecule has 2 fully saturated rings. The second kappa shape index (κ2) is 9.63. The lowest BCUT2D eigenvalue weighted by Crippen LogP contribution is -2.39. The van der Waals surface area contributed by atoms with E-state index in [9.17, 15) is 19.1 Å². The summed E-state index contributed by atoms with van der Waals surface area (Å²) in [5.74, 6) is -2.31. The van der Waals surface area contributed by atoms with Gasteiger partial charge < -0.3 is 14.7 Å². The minimum atomic E-state index is -0.970. The monoisotopic (exact) mass is 438 g/mol. The number of aliphatic hydroxyl groups is 1. The fourth-order valence-electron chi connectivity index (χ4n) is 4.29. The molecule has 2 aliphatic rings. The van der Waals surface area contributed by atoms with Crippen molar-refractivity contribution in [3.05, 3.63) is 76.6 Å². The predicted octanol–water partition coefficient (Wildman–Crippen LogP) is 3.28. The predicted molar refractivity (Wildman–Crippen MR) is 118 cm³/mol. The molecule has 4 rings (SSSR count). The summed E-state index contributed by atoms with van der Waals surface area (Å²) in [5.41, 5.74) is 1.54. The highest BCUT2D eigenvalue weighted by Crippen LogP contribution is 2.40. The van der Waals surface area contributed by atoms with E-state index in [0.717, 1.165) is 25.2 Å². The number of ether oxygens (including phenoxy) is 1. The van der Waals surface area contributed by atoms with Crippen LogP contribution in [0.15, 0.2) is 54.1 Å². The number of likely N-dealkylation sites (tertiary alicyclic amines) is 1. The number of aryl methyl sites for hydroxylation is 1. The van der Waals surface area contributed by atoms with E-state index in [-0.39, 0.29) is 23.4 Å². The highest BCUT2D eigenvalue weighted by Gasteiger charge is 2.46. The first-order chi connectivity index (χ1) is 15.5. The van der Waals surface area contributed by atoms with Crippen molar-refractivity contribution >= 4 is 17.4 Å². The molecule has 1 N–H and O–H groups in total. The van der Waals surface area contributed by atoms with Gasteiger partial charge in [-0.3, -0.25) is 14.5 Å². The second-order valence-electron chi connectivity index (χ2n) is 8.19. The van der Waals surface area contributed by atoms with Crippen LogP contribution in [0.25, 0.3) is 5.76 Å². The van der Waals surface area contributed by atoms with E-state index in [1.54, 1.807) is 30.3 Å². The van der Waals surface area contributed by atoms with Gasteiger partial charge in [-0.25, -0.2) is 4.39 Å². The molecule has 2 aromatic carbocycles. The SMILES string of the molecule is Cc1ccc(/C(O)=C2\C(=O)C(=O)N(CCCN3CCOCC3)[C@@H]2c2ccccc2F)cc1. The molecule has 168 valence electrons. The van der Waals surface area contributed by atoms with E-state index >= 15 is 0 Å². The minimum Gasteiger partial charge on any atom is -0.507 e. The first-order valence-electron chi connectivity index (χ1n) is 10.9. The molecule has 0 aliphatic carbocycles. The first kappa shape index (κ1) is 22.2. The lowest BCUT2D eigenvalue weighted by Gasteiger charge is -2.29. The Kier molecular flexibility index (Phi) is 6.67. The largest absolute Gasteiger partial charge is 0.507 e. The van der Waals surface area contributed by atoms with Gasteiger partial charge in [-0.05, 0) is 19.4 Å². The van der Waals surface area contributed by atoms with E-state index < -0.39 is 23.5 Å². The van der Waals surface area contributed by atoms with Crippen LogP contribution in [0, 0.1) is 12.7 Å². The third-order valence-corrected chi connectivity index (χ3v) is 6.04. The van der Waals surface area contributed by atoms with E-state index in [1.165, 1.54) is 11.0 Å². The normalized spacial score (nSPS) is 21.3. The van der Waals surface area contributed by atoms with Gasteiger partial charge in [-0.1, -0.05) is 48.0 Å². The third-order valence-electron chi connectivity index (χ3n) is 6.04. The molecule has 1 amide bonds. The van der Waals surface area contributed by atoms with Crippen LogP contribution in [0.3, 0.4) is 0 Å². The number of aliphatic hydroxyl groups excluding tert-OH is 1. The minimum absolute atomic E-state index is 0.0738. The average molecular weight is 438 g/mol. The Hall–Kier alpha value is -3.03. The van der Waals surface area contributed by atoms with Crippen molar-refractivity contribution in [2.24, 2.45) is 0 Å². The molecule has 0 radical (unpaired) electrons. The van der Waals surface area contributed by atoms with Crippen molar-refractivity contribution in [2.45, 2.75) is 19.4 Å². The number of benzene rings is 2. The van der Waals surface area contributed by atoms with E-state index in [1.807, 2.05) is 19.1 Å². The number of carbonyl (C=O) groups excluding carboxylic acids is 2. The molecule has 2 aromatic rings. The van der Waals surface area contributed by atoms with Crippen LogP contribution < -0.4 is 0 Å². The molecule has 0 spiro atoms. The summed E-state index contributed by atoms with van der Waals surface area (Å²) in [6.45, 7) is 5.94. The maximum absolute atomic E-state index is 14.8. The Morgan fingerprint density at radius 1 is 1.06 bits per heavy atom. The van der Waals surface area contributed by atoms with Gasteiger partial charge in [0, 0.05) is 37.3 Å². The summed E-state index contributed by atoms with van der Waals surface area (Å²) >= 11 is 0. The summed E-state index contributed by atoms with van der Waals surface area (Å²) in [6, 6.07) is 12.1. The standard InChI is InChI=1S/C25H27FN2O4/c1-17-7-9-18(10-8-17)23(29)21-22(19-5-2-3-6-20(19)26)28(25(31)24(21)30)12-4-11-27-13-15-32-16-14-27/h2-3,5-10,22,29H,4,11-16H2,1H3/b23-21+/t22-/m1/s1. The molecule has 0 bridgehead atoms. The molecule has 2 saturated heterocycles. The molecule has 0 aromatic heterocycles. The number of hydrogen-bond donors (Lipinski definition) is 1. The lowest BCUT2D eigenvalue weighted by atomic mass is 9.94. The summed E-state index contributed by atoms with van der Waals surface area (Å²) in [5, 5.41) is 11.0. The van der Waals surface area contributed by atoms with Crippen LogP contribution in [0.1, 0.15) is 29.2 Å². The topological polar surface area (TPSA) is 70.1 Å². The number of halogens is 1. The quantitative estimate of drug-likeness (QED) is 0.426. The van der Waals surface area contributed by atoms with Gasteiger partial charge in [0.05, 0.1) is 24.8 Å². The molecular formula is C25H27FN2O4. The summed E-state index contributed by atoms with van der Waals surface area (Å²) in [7, 11) is 0. The van der Waals surface area contributed by atoms with Crippen molar-refractivity contribution in [3.63, 3.8) is 0 Å². The van der Waals surface area contributed by atoms with Gasteiger partial charge in [-0.15, -0.1) is 0 Å². The summed E-state index contributed by atoms with van der Waals surface area (Å²) < 4.78 is 20.2. The zero-order valence-corrected chi connectivity index (χ0v) is 18.1. The van der Waals surface area contributed by atoms with E-state index in [4.69, 9.17) is 4.74 Å². The molecule has 6 nitrogen and oxygen atoms in total. The zero-order valence-electron chi connectivity index (χ0n) is 18.1. The number of hydrogen-bond acceptors (Lipinski definition) is 5. The van der Waals surface area contributed by atoms with Gasteiger partial charge >= 0.3 is 0 Å². The van der Waals surface area contributed by atoms with Gasteiger partial charge in [0.1, 0.15) is 11.6 Å². The highest BCUT2D eigenvalue weighted by atomic mass is 19.1. The average Bonchev–Trinajstić information content (AvgIpc) is 3.05. The molecular weight excluding hydrogens is 411 g/mol. The summed E-state index contributed by atoms with van der Waals surface area (Å²) in [6.07, 6.45) is 0.628. The Bertz CT molecular complexity index is 1030. The number of rotatable bonds is 6. The van der Waals surface area contributed by atoms with Gasteiger partial charge in [0.25, 0.3) is 11.7 Å². The maximum Gasteiger partial charge on any atom is 0.295 e. The molecule has 0 saturated carbocycles. The fourth-order valence-corrected chi connectivity index (χ4v) is 4.29. The number of amides is 1. The third kappa shape index (κ3) is 4.45. The Morgan fingerprint density at radius 2 is 1.75 bits per heavy atom. The van der Waals surface area contributed by atoms with Crippen molar-refractivity contribution in [1.82, 2.24) is 9.80 Å². The highest BCUT2D eigenvalue weighted by molar-refractivity contribution is 6.46.